The monoisotopic (exact) mass is 338 g/mol. The lowest BCUT2D eigenvalue weighted by Gasteiger charge is -2.05. The normalized spacial score (nSPS) is 12.1. The Labute approximate surface area is 121 Å². The van der Waals surface area contributed by atoms with E-state index in [1.807, 2.05) is 24.3 Å². The van der Waals surface area contributed by atoms with Crippen LogP contribution in [0.15, 0.2) is 57.9 Å². The molecule has 0 radical (unpaired) electrons. The summed E-state index contributed by atoms with van der Waals surface area (Å²) >= 11 is 3.37. The molecule has 0 aliphatic heterocycles. The van der Waals surface area contributed by atoms with Crippen molar-refractivity contribution in [3.05, 3.63) is 64.1 Å². The van der Waals surface area contributed by atoms with Crippen LogP contribution in [0.25, 0.3) is 0 Å². The van der Waals surface area contributed by atoms with E-state index >= 15 is 0 Å². The molecule has 0 bridgehead atoms. The summed E-state index contributed by atoms with van der Waals surface area (Å²) in [5.74, 6) is -0.596. The van der Waals surface area contributed by atoms with Crippen molar-refractivity contribution >= 4 is 32.7 Å². The molecule has 19 heavy (non-hydrogen) atoms. The number of halogens is 1. The minimum absolute atomic E-state index is 0.232. The fraction of sp³-hybridized carbons (Fsp3) is 0.0714. The second-order valence-corrected chi connectivity index (χ2v) is 6.20. The van der Waals surface area contributed by atoms with Gasteiger partial charge in [0.05, 0.1) is 27.0 Å². The molecule has 0 saturated heterocycles. The van der Waals surface area contributed by atoms with Crippen LogP contribution in [0.4, 0.5) is 0 Å². The van der Waals surface area contributed by atoms with Crippen molar-refractivity contribution in [2.45, 2.75) is 10.6 Å². The highest BCUT2D eigenvalue weighted by Crippen LogP contribution is 2.22. The van der Waals surface area contributed by atoms with E-state index in [1.165, 1.54) is 12.1 Å². The number of hydrogen-bond donors (Lipinski definition) is 1. The third-order valence-electron chi connectivity index (χ3n) is 2.58. The van der Waals surface area contributed by atoms with Gasteiger partial charge in [-0.25, -0.2) is 4.79 Å². The molecule has 0 heterocycles. The zero-order valence-corrected chi connectivity index (χ0v) is 12.3. The summed E-state index contributed by atoms with van der Waals surface area (Å²) < 4.78 is 13.0. The zero-order chi connectivity index (χ0) is 13.8. The lowest BCUT2D eigenvalue weighted by atomic mass is 10.1. The predicted octanol–water partition coefficient (Wildman–Crippen LogP) is 3.46. The van der Waals surface area contributed by atoms with Crippen LogP contribution in [-0.4, -0.2) is 15.3 Å². The molecule has 98 valence electrons. The van der Waals surface area contributed by atoms with Crippen LogP contribution >= 0.6 is 15.9 Å². The first-order chi connectivity index (χ1) is 9.08. The van der Waals surface area contributed by atoms with Gasteiger partial charge in [0, 0.05) is 4.47 Å². The summed E-state index contributed by atoms with van der Waals surface area (Å²) in [7, 11) is -1.16. The summed E-state index contributed by atoms with van der Waals surface area (Å²) in [5.41, 5.74) is 1.08. The van der Waals surface area contributed by atoms with Crippen LogP contribution in [0.1, 0.15) is 15.9 Å². The molecular weight excluding hydrogens is 328 g/mol. The first kappa shape index (κ1) is 14.0. The van der Waals surface area contributed by atoms with Crippen LogP contribution in [0.3, 0.4) is 0 Å². The Kier molecular flexibility index (Phi) is 4.50. The Morgan fingerprint density at radius 1 is 1.11 bits per heavy atom. The summed E-state index contributed by atoms with van der Waals surface area (Å²) in [6, 6.07) is 13.8. The van der Waals surface area contributed by atoms with Crippen molar-refractivity contribution in [1.29, 1.82) is 0 Å². The molecule has 0 amide bonds. The van der Waals surface area contributed by atoms with Gasteiger partial charge >= 0.3 is 5.97 Å². The van der Waals surface area contributed by atoms with Crippen LogP contribution in [0.2, 0.25) is 0 Å². The molecular formula is C14H11BrO3S. The van der Waals surface area contributed by atoms with Crippen molar-refractivity contribution in [3.63, 3.8) is 0 Å². The lowest BCUT2D eigenvalue weighted by molar-refractivity contribution is 0.0697. The number of carboxylic acids is 1. The fourth-order valence-corrected chi connectivity index (χ4v) is 3.60. The minimum Gasteiger partial charge on any atom is -0.478 e. The average Bonchev–Trinajstić information content (AvgIpc) is 2.39. The third-order valence-corrected chi connectivity index (χ3v) is 4.98. The maximum absolute atomic E-state index is 12.2. The van der Waals surface area contributed by atoms with Gasteiger partial charge in [-0.15, -0.1) is 0 Å². The predicted molar refractivity (Wildman–Crippen MR) is 77.7 cm³/mol. The number of rotatable bonds is 4. The summed E-state index contributed by atoms with van der Waals surface area (Å²) in [6.07, 6.45) is 0. The van der Waals surface area contributed by atoms with Crippen LogP contribution in [0, 0.1) is 0 Å². The van der Waals surface area contributed by atoms with Gasteiger partial charge in [0.15, 0.2) is 0 Å². The maximum atomic E-state index is 12.2. The molecule has 2 aromatic carbocycles. The number of carbonyl (C=O) groups is 1. The third kappa shape index (κ3) is 3.52. The molecule has 2 aromatic rings. The largest absolute Gasteiger partial charge is 0.478 e. The molecule has 1 atom stereocenters. The van der Waals surface area contributed by atoms with Gasteiger partial charge in [-0.3, -0.25) is 4.21 Å². The second-order valence-electron chi connectivity index (χ2n) is 3.92. The molecule has 0 aromatic heterocycles. The molecule has 5 heteroatoms. The molecule has 0 saturated carbocycles. The van der Waals surface area contributed by atoms with Gasteiger partial charge in [0.25, 0.3) is 0 Å². The first-order valence-electron chi connectivity index (χ1n) is 5.53. The van der Waals surface area contributed by atoms with E-state index in [-0.39, 0.29) is 5.56 Å². The van der Waals surface area contributed by atoms with Crippen molar-refractivity contribution in [1.82, 2.24) is 0 Å². The van der Waals surface area contributed by atoms with Crippen LogP contribution in [-0.2, 0) is 16.6 Å². The standard InChI is InChI=1S/C14H11BrO3S/c15-12-3-1-2-4-13(12)19(18)9-10-5-7-11(8-6-10)14(16)17/h1-8H,9H2,(H,16,17). The minimum atomic E-state index is -1.16. The highest BCUT2D eigenvalue weighted by atomic mass is 79.9. The molecule has 0 spiro atoms. The van der Waals surface area contributed by atoms with Gasteiger partial charge in [0.2, 0.25) is 0 Å². The molecule has 2 rings (SSSR count). The summed E-state index contributed by atoms with van der Waals surface area (Å²) in [6.45, 7) is 0. The topological polar surface area (TPSA) is 54.4 Å². The SMILES string of the molecule is O=C(O)c1ccc(CS(=O)c2ccccc2Br)cc1. The quantitative estimate of drug-likeness (QED) is 0.928. The second kappa shape index (κ2) is 6.12. The highest BCUT2D eigenvalue weighted by Gasteiger charge is 2.09. The average molecular weight is 339 g/mol. The Morgan fingerprint density at radius 2 is 1.74 bits per heavy atom. The number of benzene rings is 2. The van der Waals surface area contributed by atoms with Crippen molar-refractivity contribution < 1.29 is 14.1 Å². The van der Waals surface area contributed by atoms with E-state index in [9.17, 15) is 9.00 Å². The lowest BCUT2D eigenvalue weighted by Crippen LogP contribution is -1.99. The fourth-order valence-electron chi connectivity index (χ4n) is 1.60. The molecule has 0 fully saturated rings. The molecule has 1 unspecified atom stereocenters. The number of hydrogen-bond acceptors (Lipinski definition) is 2. The molecule has 1 N–H and O–H groups in total. The van der Waals surface area contributed by atoms with Gasteiger partial charge in [-0.05, 0) is 45.8 Å². The Hall–Kier alpha value is -1.46. The Morgan fingerprint density at radius 3 is 2.32 bits per heavy atom. The Bertz CT molecular complexity index is 623. The van der Waals surface area contributed by atoms with Crippen molar-refractivity contribution in [2.75, 3.05) is 0 Å². The first-order valence-corrected chi connectivity index (χ1v) is 7.64. The van der Waals surface area contributed by atoms with E-state index in [2.05, 4.69) is 15.9 Å². The van der Waals surface area contributed by atoms with Gasteiger partial charge in [-0.2, -0.15) is 0 Å². The van der Waals surface area contributed by atoms with Crippen molar-refractivity contribution in [3.8, 4) is 0 Å². The van der Waals surface area contributed by atoms with Gasteiger partial charge < -0.3 is 5.11 Å². The Balaban J connectivity index is 2.15. The smallest absolute Gasteiger partial charge is 0.335 e. The van der Waals surface area contributed by atoms with Crippen LogP contribution in [0.5, 0.6) is 0 Å². The van der Waals surface area contributed by atoms with Gasteiger partial charge in [-0.1, -0.05) is 24.3 Å². The number of aromatic carboxylic acids is 1. The van der Waals surface area contributed by atoms with Crippen LogP contribution < -0.4 is 0 Å². The van der Waals surface area contributed by atoms with E-state index in [4.69, 9.17) is 5.11 Å². The van der Waals surface area contributed by atoms with Crippen molar-refractivity contribution in [2.24, 2.45) is 0 Å². The van der Waals surface area contributed by atoms with Gasteiger partial charge in [0.1, 0.15) is 0 Å². The molecule has 0 aliphatic rings. The summed E-state index contributed by atoms with van der Waals surface area (Å²) in [4.78, 5) is 11.5. The van der Waals surface area contributed by atoms with E-state index < -0.39 is 16.8 Å². The molecule has 3 nitrogen and oxygen atoms in total. The maximum Gasteiger partial charge on any atom is 0.335 e. The highest BCUT2D eigenvalue weighted by molar-refractivity contribution is 9.10. The van der Waals surface area contributed by atoms with E-state index in [0.29, 0.717) is 5.75 Å². The number of carboxylic acid groups (broad SMARTS) is 1. The van der Waals surface area contributed by atoms with E-state index in [0.717, 1.165) is 14.9 Å². The zero-order valence-electron chi connectivity index (χ0n) is 9.88. The van der Waals surface area contributed by atoms with E-state index in [1.54, 1.807) is 12.1 Å². The molecule has 0 aliphatic carbocycles. The summed E-state index contributed by atoms with van der Waals surface area (Å²) in [5, 5.41) is 8.81.